The molecule has 1 saturated heterocycles. The van der Waals surface area contributed by atoms with Gasteiger partial charge in [0.2, 0.25) is 5.91 Å². The number of hydrogen-bond acceptors (Lipinski definition) is 3. The van der Waals surface area contributed by atoms with Gasteiger partial charge in [-0.15, -0.1) is 0 Å². The standard InChI is InChI=1S/C16H20N2O3/c17-16(15(20)21)8-9-18(10-16)14(19)13-7-3-5-11-4-1-2-6-12(11)13/h1-2,4,6,13H,3,5,7-10,17H2,(H,20,21). The van der Waals surface area contributed by atoms with E-state index in [1.807, 2.05) is 18.2 Å². The topological polar surface area (TPSA) is 83.6 Å². The number of nitrogens with two attached hydrogens (primary N) is 1. The van der Waals surface area contributed by atoms with Crippen molar-refractivity contribution in [2.24, 2.45) is 5.73 Å². The molecule has 1 amide bonds. The maximum Gasteiger partial charge on any atom is 0.325 e. The number of carbonyl (C=O) groups excluding carboxylic acids is 1. The Labute approximate surface area is 123 Å². The molecule has 0 aromatic heterocycles. The van der Waals surface area contributed by atoms with E-state index in [0.29, 0.717) is 13.0 Å². The molecule has 21 heavy (non-hydrogen) atoms. The lowest BCUT2D eigenvalue weighted by Gasteiger charge is -2.29. The third-order valence-electron chi connectivity index (χ3n) is 4.71. The predicted molar refractivity (Wildman–Crippen MR) is 77.9 cm³/mol. The number of carboxylic acids is 1. The third kappa shape index (κ3) is 2.42. The van der Waals surface area contributed by atoms with Gasteiger partial charge in [0.05, 0.1) is 5.92 Å². The number of likely N-dealkylation sites (tertiary alicyclic amines) is 1. The Morgan fingerprint density at radius 1 is 1.33 bits per heavy atom. The van der Waals surface area contributed by atoms with E-state index in [9.17, 15) is 14.7 Å². The summed E-state index contributed by atoms with van der Waals surface area (Å²) in [6, 6.07) is 8.04. The minimum atomic E-state index is -1.29. The molecule has 1 aromatic rings. The zero-order valence-corrected chi connectivity index (χ0v) is 11.9. The molecule has 3 N–H and O–H groups in total. The van der Waals surface area contributed by atoms with Gasteiger partial charge in [-0.3, -0.25) is 9.59 Å². The highest BCUT2D eigenvalue weighted by molar-refractivity contribution is 5.87. The van der Waals surface area contributed by atoms with Crippen LogP contribution >= 0.6 is 0 Å². The zero-order chi connectivity index (χ0) is 15.0. The molecule has 1 fully saturated rings. The van der Waals surface area contributed by atoms with E-state index < -0.39 is 11.5 Å². The summed E-state index contributed by atoms with van der Waals surface area (Å²) in [5.41, 5.74) is 6.90. The number of aryl methyl sites for hydroxylation is 1. The molecular formula is C16H20N2O3. The molecule has 2 atom stereocenters. The number of carboxylic acid groups (broad SMARTS) is 1. The van der Waals surface area contributed by atoms with Crippen molar-refractivity contribution in [3.8, 4) is 0 Å². The van der Waals surface area contributed by atoms with Crippen molar-refractivity contribution in [2.45, 2.75) is 37.1 Å². The number of rotatable bonds is 2. The van der Waals surface area contributed by atoms with Crippen LogP contribution in [0, 0.1) is 0 Å². The van der Waals surface area contributed by atoms with Gasteiger partial charge in [0.15, 0.2) is 0 Å². The van der Waals surface area contributed by atoms with Crippen LogP contribution in [0.4, 0.5) is 0 Å². The highest BCUT2D eigenvalue weighted by Crippen LogP contribution is 2.34. The van der Waals surface area contributed by atoms with Crippen LogP contribution in [0.1, 0.15) is 36.3 Å². The molecule has 2 aliphatic rings. The Balaban J connectivity index is 1.80. The Morgan fingerprint density at radius 2 is 2.10 bits per heavy atom. The molecule has 2 unspecified atom stereocenters. The van der Waals surface area contributed by atoms with E-state index in [-0.39, 0.29) is 18.4 Å². The lowest BCUT2D eigenvalue weighted by molar-refractivity contribution is -0.143. The predicted octanol–water partition coefficient (Wildman–Crippen LogP) is 1.12. The maximum absolute atomic E-state index is 12.8. The van der Waals surface area contributed by atoms with Gasteiger partial charge in [-0.25, -0.2) is 0 Å². The number of amides is 1. The Hall–Kier alpha value is -1.88. The van der Waals surface area contributed by atoms with Gasteiger partial charge in [0.25, 0.3) is 0 Å². The zero-order valence-electron chi connectivity index (χ0n) is 11.9. The molecule has 1 aliphatic heterocycles. The van der Waals surface area contributed by atoms with E-state index >= 15 is 0 Å². The van der Waals surface area contributed by atoms with Crippen LogP contribution in [0.25, 0.3) is 0 Å². The van der Waals surface area contributed by atoms with Gasteiger partial charge >= 0.3 is 5.97 Å². The van der Waals surface area contributed by atoms with Crippen molar-refractivity contribution >= 4 is 11.9 Å². The second-order valence-corrected chi connectivity index (χ2v) is 6.11. The van der Waals surface area contributed by atoms with Gasteiger partial charge in [-0.2, -0.15) is 0 Å². The number of benzene rings is 1. The van der Waals surface area contributed by atoms with Crippen LogP contribution in [-0.2, 0) is 16.0 Å². The molecule has 0 spiro atoms. The largest absolute Gasteiger partial charge is 0.480 e. The summed E-state index contributed by atoms with van der Waals surface area (Å²) >= 11 is 0. The second kappa shape index (κ2) is 5.15. The first-order valence-electron chi connectivity index (χ1n) is 7.40. The average molecular weight is 288 g/mol. The minimum absolute atomic E-state index is 0.0238. The molecule has 5 heteroatoms. The minimum Gasteiger partial charge on any atom is -0.480 e. The van der Waals surface area contributed by atoms with E-state index in [1.165, 1.54) is 5.56 Å². The smallest absolute Gasteiger partial charge is 0.325 e. The van der Waals surface area contributed by atoms with Gasteiger partial charge in [-0.1, -0.05) is 24.3 Å². The van der Waals surface area contributed by atoms with Gasteiger partial charge in [0, 0.05) is 13.1 Å². The number of fused-ring (bicyclic) bond motifs is 1. The van der Waals surface area contributed by atoms with Crippen LogP contribution in [0.15, 0.2) is 24.3 Å². The number of carbonyl (C=O) groups is 2. The summed E-state index contributed by atoms with van der Waals surface area (Å²) in [5.74, 6) is -1.15. The van der Waals surface area contributed by atoms with Gasteiger partial charge < -0.3 is 15.7 Å². The first-order valence-corrected chi connectivity index (χ1v) is 7.40. The van der Waals surface area contributed by atoms with E-state index in [1.54, 1.807) is 4.90 Å². The molecule has 112 valence electrons. The van der Waals surface area contributed by atoms with Crippen molar-refractivity contribution in [3.05, 3.63) is 35.4 Å². The molecule has 5 nitrogen and oxygen atoms in total. The van der Waals surface area contributed by atoms with E-state index in [2.05, 4.69) is 6.07 Å². The van der Waals surface area contributed by atoms with Gasteiger partial charge in [0.1, 0.15) is 5.54 Å². The SMILES string of the molecule is NC1(C(=O)O)CCN(C(=O)C2CCCc3ccccc32)C1. The Bertz CT molecular complexity index is 587. The monoisotopic (exact) mass is 288 g/mol. The van der Waals surface area contributed by atoms with Crippen molar-refractivity contribution in [1.82, 2.24) is 4.90 Å². The maximum atomic E-state index is 12.8. The summed E-state index contributed by atoms with van der Waals surface area (Å²) in [6.07, 6.45) is 3.16. The highest BCUT2D eigenvalue weighted by atomic mass is 16.4. The second-order valence-electron chi connectivity index (χ2n) is 6.11. The van der Waals surface area contributed by atoms with Crippen LogP contribution in [0.5, 0.6) is 0 Å². The summed E-state index contributed by atoms with van der Waals surface area (Å²) in [4.78, 5) is 25.6. The normalized spacial score (nSPS) is 28.2. The van der Waals surface area contributed by atoms with Crippen molar-refractivity contribution < 1.29 is 14.7 Å². The van der Waals surface area contributed by atoms with Crippen molar-refractivity contribution in [2.75, 3.05) is 13.1 Å². The highest BCUT2D eigenvalue weighted by Gasteiger charge is 2.44. The molecule has 1 aliphatic carbocycles. The van der Waals surface area contributed by atoms with Gasteiger partial charge in [-0.05, 0) is 36.8 Å². The fourth-order valence-corrected chi connectivity index (χ4v) is 3.43. The van der Waals surface area contributed by atoms with E-state index in [0.717, 1.165) is 24.8 Å². The van der Waals surface area contributed by atoms with Crippen molar-refractivity contribution in [3.63, 3.8) is 0 Å². The van der Waals surface area contributed by atoms with Crippen LogP contribution in [0.3, 0.4) is 0 Å². The fourth-order valence-electron chi connectivity index (χ4n) is 3.43. The van der Waals surface area contributed by atoms with Crippen LogP contribution in [0.2, 0.25) is 0 Å². The van der Waals surface area contributed by atoms with Crippen molar-refractivity contribution in [1.29, 1.82) is 0 Å². The number of nitrogens with zero attached hydrogens (tertiary/aromatic N) is 1. The van der Waals surface area contributed by atoms with Crippen LogP contribution in [-0.4, -0.2) is 40.5 Å². The first kappa shape index (κ1) is 14.1. The third-order valence-corrected chi connectivity index (χ3v) is 4.71. The van der Waals surface area contributed by atoms with E-state index in [4.69, 9.17) is 5.73 Å². The fraction of sp³-hybridized carbons (Fsp3) is 0.500. The first-order chi connectivity index (χ1) is 10.0. The lowest BCUT2D eigenvalue weighted by Crippen LogP contribution is -2.51. The Morgan fingerprint density at radius 3 is 2.81 bits per heavy atom. The lowest BCUT2D eigenvalue weighted by atomic mass is 9.82. The molecule has 0 radical (unpaired) electrons. The summed E-state index contributed by atoms with van der Waals surface area (Å²) in [7, 11) is 0. The quantitative estimate of drug-likeness (QED) is 0.854. The summed E-state index contributed by atoms with van der Waals surface area (Å²) < 4.78 is 0. The van der Waals surface area contributed by atoms with Crippen LogP contribution < -0.4 is 5.73 Å². The molecule has 1 heterocycles. The molecular weight excluding hydrogens is 268 g/mol. The number of hydrogen-bond donors (Lipinski definition) is 2. The summed E-state index contributed by atoms with van der Waals surface area (Å²) in [5, 5.41) is 9.18. The Kier molecular flexibility index (Phi) is 3.45. The number of aliphatic carboxylic acids is 1. The average Bonchev–Trinajstić information content (AvgIpc) is 2.90. The molecule has 0 bridgehead atoms. The molecule has 1 aromatic carbocycles. The molecule has 0 saturated carbocycles. The summed E-state index contributed by atoms with van der Waals surface area (Å²) in [6.45, 7) is 0.542. The molecule has 3 rings (SSSR count).